The van der Waals surface area contributed by atoms with Gasteiger partial charge in [0.15, 0.2) is 0 Å². The first-order valence-electron chi connectivity index (χ1n) is 8.96. The predicted octanol–water partition coefficient (Wildman–Crippen LogP) is 3.53. The molecule has 4 rings (SSSR count). The Labute approximate surface area is 152 Å². The van der Waals surface area contributed by atoms with Gasteiger partial charge in [-0.3, -0.25) is 4.79 Å². The lowest BCUT2D eigenvalue weighted by atomic mass is 9.94. The summed E-state index contributed by atoms with van der Waals surface area (Å²) >= 11 is 0. The van der Waals surface area contributed by atoms with Crippen LogP contribution in [0.5, 0.6) is 0 Å². The summed E-state index contributed by atoms with van der Waals surface area (Å²) in [6, 6.07) is 17.0. The molecule has 1 atom stereocenters. The minimum atomic E-state index is 0.0452. The molecule has 2 aromatic carbocycles. The summed E-state index contributed by atoms with van der Waals surface area (Å²) in [7, 11) is 0. The van der Waals surface area contributed by atoms with Gasteiger partial charge in [-0.25, -0.2) is 4.98 Å². The fraction of sp³-hybridized carbons (Fsp3) is 0.286. The predicted molar refractivity (Wildman–Crippen MR) is 99.6 cm³/mol. The van der Waals surface area contributed by atoms with Crippen molar-refractivity contribution in [2.75, 3.05) is 13.1 Å². The highest BCUT2D eigenvalue weighted by Gasteiger charge is 2.25. The third-order valence-corrected chi connectivity index (χ3v) is 4.99. The van der Waals surface area contributed by atoms with Crippen molar-refractivity contribution in [3.8, 4) is 6.07 Å². The Morgan fingerprint density at radius 2 is 2.04 bits per heavy atom. The van der Waals surface area contributed by atoms with E-state index in [2.05, 4.69) is 16.0 Å². The first-order chi connectivity index (χ1) is 12.7. The minimum Gasteiger partial charge on any atom is -0.342 e. The molecule has 0 saturated carbocycles. The largest absolute Gasteiger partial charge is 0.342 e. The number of rotatable bonds is 3. The molecule has 130 valence electrons. The molecule has 1 saturated heterocycles. The molecular formula is C21H20N4O. The summed E-state index contributed by atoms with van der Waals surface area (Å²) in [5, 5.41) is 8.89. The van der Waals surface area contributed by atoms with Crippen LogP contribution < -0.4 is 0 Å². The monoisotopic (exact) mass is 344 g/mol. The van der Waals surface area contributed by atoms with Crippen molar-refractivity contribution in [2.24, 2.45) is 5.92 Å². The van der Waals surface area contributed by atoms with Crippen molar-refractivity contribution in [3.05, 3.63) is 65.5 Å². The molecule has 0 aliphatic carbocycles. The van der Waals surface area contributed by atoms with Gasteiger partial charge >= 0.3 is 0 Å². The van der Waals surface area contributed by atoms with Gasteiger partial charge in [-0.15, -0.1) is 0 Å². The molecule has 1 amide bonds. The number of aromatic amines is 1. The molecule has 5 heteroatoms. The zero-order valence-corrected chi connectivity index (χ0v) is 14.5. The quantitative estimate of drug-likeness (QED) is 0.790. The molecule has 3 aromatic rings. The van der Waals surface area contributed by atoms with E-state index >= 15 is 0 Å². The van der Waals surface area contributed by atoms with Gasteiger partial charge < -0.3 is 9.88 Å². The van der Waals surface area contributed by atoms with Crippen molar-refractivity contribution >= 4 is 16.9 Å². The number of imidazole rings is 1. The van der Waals surface area contributed by atoms with Crippen LogP contribution in [0.15, 0.2) is 48.5 Å². The molecule has 0 radical (unpaired) electrons. The number of fused-ring (bicyclic) bond motifs is 1. The highest BCUT2D eigenvalue weighted by molar-refractivity contribution is 5.94. The SMILES string of the molecule is N#Cc1ccc(C(=O)N2CCC[C@H](Cc3nc4ccccc4[nH]3)C2)cc1. The molecule has 0 spiro atoms. The average molecular weight is 344 g/mol. The van der Waals surface area contributed by atoms with Gasteiger partial charge in [-0.2, -0.15) is 5.26 Å². The molecular weight excluding hydrogens is 324 g/mol. The van der Waals surface area contributed by atoms with Gasteiger partial charge in [-0.05, 0) is 55.2 Å². The number of nitrogens with zero attached hydrogens (tertiary/aromatic N) is 3. The number of H-pyrrole nitrogens is 1. The molecule has 0 bridgehead atoms. The van der Waals surface area contributed by atoms with E-state index in [1.165, 1.54) is 0 Å². The molecule has 1 aromatic heterocycles. The van der Waals surface area contributed by atoms with E-state index < -0.39 is 0 Å². The number of carbonyl (C=O) groups excluding carboxylic acids is 1. The molecule has 0 unspecified atom stereocenters. The van der Waals surface area contributed by atoms with Crippen LogP contribution in [0.2, 0.25) is 0 Å². The number of hydrogen-bond acceptors (Lipinski definition) is 3. The fourth-order valence-electron chi connectivity index (χ4n) is 3.66. The van der Waals surface area contributed by atoms with Gasteiger partial charge in [0.1, 0.15) is 5.82 Å². The number of hydrogen-bond donors (Lipinski definition) is 1. The van der Waals surface area contributed by atoms with E-state index in [0.29, 0.717) is 17.0 Å². The van der Waals surface area contributed by atoms with Crippen LogP contribution in [0.1, 0.15) is 34.6 Å². The summed E-state index contributed by atoms with van der Waals surface area (Å²) < 4.78 is 0. The smallest absolute Gasteiger partial charge is 0.253 e. The lowest BCUT2D eigenvalue weighted by Gasteiger charge is -2.32. The van der Waals surface area contributed by atoms with Crippen molar-refractivity contribution in [1.29, 1.82) is 5.26 Å². The van der Waals surface area contributed by atoms with Gasteiger partial charge in [0.05, 0.1) is 22.7 Å². The Balaban J connectivity index is 1.44. The van der Waals surface area contributed by atoms with Crippen LogP contribution in [0.3, 0.4) is 0 Å². The highest BCUT2D eigenvalue weighted by Crippen LogP contribution is 2.22. The van der Waals surface area contributed by atoms with E-state index in [-0.39, 0.29) is 5.91 Å². The maximum absolute atomic E-state index is 12.8. The Morgan fingerprint density at radius 1 is 1.23 bits per heavy atom. The third-order valence-electron chi connectivity index (χ3n) is 4.99. The summed E-state index contributed by atoms with van der Waals surface area (Å²) in [4.78, 5) is 22.7. The number of nitrogens with one attached hydrogen (secondary N) is 1. The third kappa shape index (κ3) is 3.31. The van der Waals surface area contributed by atoms with Crippen LogP contribution in [-0.2, 0) is 6.42 Å². The highest BCUT2D eigenvalue weighted by atomic mass is 16.2. The zero-order valence-electron chi connectivity index (χ0n) is 14.5. The molecule has 26 heavy (non-hydrogen) atoms. The number of benzene rings is 2. The van der Waals surface area contributed by atoms with E-state index in [0.717, 1.165) is 49.2 Å². The van der Waals surface area contributed by atoms with E-state index in [9.17, 15) is 4.79 Å². The lowest BCUT2D eigenvalue weighted by Crippen LogP contribution is -2.40. The van der Waals surface area contributed by atoms with Gasteiger partial charge in [0.2, 0.25) is 0 Å². The zero-order chi connectivity index (χ0) is 17.9. The summed E-state index contributed by atoms with van der Waals surface area (Å²) in [5.74, 6) is 1.44. The first-order valence-corrected chi connectivity index (χ1v) is 8.96. The molecule has 1 aliphatic rings. The molecule has 1 N–H and O–H groups in total. The van der Waals surface area contributed by atoms with Crippen molar-refractivity contribution in [2.45, 2.75) is 19.3 Å². The van der Waals surface area contributed by atoms with E-state index in [4.69, 9.17) is 5.26 Å². The normalized spacial score (nSPS) is 17.2. The number of para-hydroxylation sites is 2. The fourth-order valence-corrected chi connectivity index (χ4v) is 3.66. The molecule has 2 heterocycles. The van der Waals surface area contributed by atoms with Crippen LogP contribution in [-0.4, -0.2) is 33.9 Å². The maximum Gasteiger partial charge on any atom is 0.253 e. The van der Waals surface area contributed by atoms with Crippen molar-refractivity contribution in [1.82, 2.24) is 14.9 Å². The standard InChI is InChI=1S/C21H20N4O/c22-13-15-7-9-17(10-8-15)21(26)25-11-3-4-16(14-25)12-20-23-18-5-1-2-6-19(18)24-20/h1-2,5-10,16H,3-4,11-12,14H2,(H,23,24)/t16-/m1/s1. The number of amides is 1. The van der Waals surface area contributed by atoms with Gasteiger partial charge in [-0.1, -0.05) is 12.1 Å². The topological polar surface area (TPSA) is 72.8 Å². The van der Waals surface area contributed by atoms with Crippen molar-refractivity contribution < 1.29 is 4.79 Å². The summed E-state index contributed by atoms with van der Waals surface area (Å²) in [6.45, 7) is 1.53. The van der Waals surface area contributed by atoms with Gasteiger partial charge in [0, 0.05) is 25.1 Å². The number of carbonyl (C=O) groups is 1. The molecule has 1 fully saturated rings. The second-order valence-electron chi connectivity index (χ2n) is 6.85. The summed E-state index contributed by atoms with van der Waals surface area (Å²) in [5.41, 5.74) is 3.27. The minimum absolute atomic E-state index is 0.0452. The number of nitriles is 1. The molecule has 1 aliphatic heterocycles. The summed E-state index contributed by atoms with van der Waals surface area (Å²) in [6.07, 6.45) is 2.97. The number of aromatic nitrogens is 2. The lowest BCUT2D eigenvalue weighted by molar-refractivity contribution is 0.0672. The second-order valence-corrected chi connectivity index (χ2v) is 6.85. The number of piperidine rings is 1. The van der Waals surface area contributed by atoms with Gasteiger partial charge in [0.25, 0.3) is 5.91 Å². The number of likely N-dealkylation sites (tertiary alicyclic amines) is 1. The molecule has 5 nitrogen and oxygen atoms in total. The Morgan fingerprint density at radius 3 is 2.81 bits per heavy atom. The Hall–Kier alpha value is -3.13. The van der Waals surface area contributed by atoms with E-state index in [1.54, 1.807) is 24.3 Å². The first kappa shape index (κ1) is 16.3. The van der Waals surface area contributed by atoms with Crippen LogP contribution in [0.4, 0.5) is 0 Å². The van der Waals surface area contributed by atoms with Crippen molar-refractivity contribution in [3.63, 3.8) is 0 Å². The maximum atomic E-state index is 12.8. The Kier molecular flexibility index (Phi) is 4.40. The van der Waals surface area contributed by atoms with E-state index in [1.807, 2.05) is 29.2 Å². The van der Waals surface area contributed by atoms with Crippen LogP contribution in [0, 0.1) is 17.2 Å². The Bertz CT molecular complexity index is 935. The van der Waals surface area contributed by atoms with Crippen LogP contribution >= 0.6 is 0 Å². The second kappa shape index (κ2) is 7.01. The van der Waals surface area contributed by atoms with Crippen LogP contribution in [0.25, 0.3) is 11.0 Å². The average Bonchev–Trinajstić information content (AvgIpc) is 3.10.